The molecule has 0 aliphatic carbocycles. The molecule has 2 nitrogen and oxygen atoms in total. The van der Waals surface area contributed by atoms with Gasteiger partial charge in [-0.3, -0.25) is 0 Å². The van der Waals surface area contributed by atoms with Gasteiger partial charge in [0, 0.05) is 26.2 Å². The lowest BCUT2D eigenvalue weighted by molar-refractivity contribution is 0.589. The van der Waals surface area contributed by atoms with Gasteiger partial charge in [-0.05, 0) is 23.6 Å². The molecule has 1 aliphatic rings. The summed E-state index contributed by atoms with van der Waals surface area (Å²) >= 11 is 6.34. The number of halogens is 1. The van der Waals surface area contributed by atoms with Crippen molar-refractivity contribution in [3.05, 3.63) is 28.8 Å². The summed E-state index contributed by atoms with van der Waals surface area (Å²) in [5.41, 5.74) is 2.48. The van der Waals surface area contributed by atoms with Crippen molar-refractivity contribution in [3.63, 3.8) is 0 Å². The van der Waals surface area contributed by atoms with E-state index in [-0.39, 0.29) is 0 Å². The van der Waals surface area contributed by atoms with Crippen LogP contribution in [0.15, 0.2) is 18.2 Å². The minimum atomic E-state index is 0.537. The summed E-state index contributed by atoms with van der Waals surface area (Å²) in [5.74, 6) is 0.537. The lowest BCUT2D eigenvalue weighted by Gasteiger charge is -2.30. The van der Waals surface area contributed by atoms with Crippen molar-refractivity contribution in [1.29, 1.82) is 0 Å². The van der Waals surface area contributed by atoms with Gasteiger partial charge >= 0.3 is 0 Å². The summed E-state index contributed by atoms with van der Waals surface area (Å²) in [7, 11) is 0. The first kappa shape index (κ1) is 11.7. The Labute approximate surface area is 103 Å². The molecule has 0 atom stereocenters. The smallest absolute Gasteiger partial charge is 0.0642 e. The van der Waals surface area contributed by atoms with Crippen molar-refractivity contribution in [2.75, 3.05) is 31.1 Å². The Balaban J connectivity index is 2.21. The number of rotatable bonds is 2. The molecule has 1 N–H and O–H groups in total. The van der Waals surface area contributed by atoms with Crippen LogP contribution in [0.3, 0.4) is 0 Å². The average Bonchev–Trinajstić information content (AvgIpc) is 2.30. The van der Waals surface area contributed by atoms with Crippen LogP contribution in [0.1, 0.15) is 25.3 Å². The van der Waals surface area contributed by atoms with E-state index in [0.717, 1.165) is 31.2 Å². The van der Waals surface area contributed by atoms with Crippen LogP contribution in [0.5, 0.6) is 0 Å². The highest BCUT2D eigenvalue weighted by molar-refractivity contribution is 6.33. The van der Waals surface area contributed by atoms with Crippen LogP contribution in [0.2, 0.25) is 5.02 Å². The summed E-state index contributed by atoms with van der Waals surface area (Å²) < 4.78 is 0. The molecule has 0 saturated carbocycles. The van der Waals surface area contributed by atoms with Crippen molar-refractivity contribution in [2.24, 2.45) is 0 Å². The summed E-state index contributed by atoms with van der Waals surface area (Å²) in [6.07, 6.45) is 0. The molecule has 1 saturated heterocycles. The predicted molar refractivity (Wildman–Crippen MR) is 70.6 cm³/mol. The van der Waals surface area contributed by atoms with Crippen LogP contribution in [-0.2, 0) is 0 Å². The molecule has 1 heterocycles. The highest BCUT2D eigenvalue weighted by atomic mass is 35.5. The lowest BCUT2D eigenvalue weighted by atomic mass is 10.0. The SMILES string of the molecule is CC(C)c1ccc(N2CCNCC2)c(Cl)c1. The zero-order valence-corrected chi connectivity index (χ0v) is 10.7. The molecule has 1 aromatic carbocycles. The number of hydrogen-bond donors (Lipinski definition) is 1. The third-order valence-electron chi connectivity index (χ3n) is 3.10. The van der Waals surface area contributed by atoms with Crippen LogP contribution in [0.4, 0.5) is 5.69 Å². The zero-order valence-electron chi connectivity index (χ0n) is 9.96. The molecule has 16 heavy (non-hydrogen) atoms. The fourth-order valence-corrected chi connectivity index (χ4v) is 2.35. The molecule has 3 heteroatoms. The Morgan fingerprint density at radius 3 is 2.50 bits per heavy atom. The fraction of sp³-hybridized carbons (Fsp3) is 0.538. The van der Waals surface area contributed by atoms with Crippen molar-refractivity contribution in [1.82, 2.24) is 5.32 Å². The normalized spacial score (nSPS) is 16.9. The number of piperazine rings is 1. The third-order valence-corrected chi connectivity index (χ3v) is 3.40. The molecule has 1 aromatic rings. The molecule has 1 aliphatic heterocycles. The molecule has 0 bridgehead atoms. The van der Waals surface area contributed by atoms with Gasteiger partial charge in [-0.25, -0.2) is 0 Å². The second kappa shape index (κ2) is 5.07. The fourth-order valence-electron chi connectivity index (χ4n) is 2.04. The van der Waals surface area contributed by atoms with Gasteiger partial charge in [0.15, 0.2) is 0 Å². The minimum absolute atomic E-state index is 0.537. The Morgan fingerprint density at radius 2 is 1.94 bits per heavy atom. The second-order valence-corrected chi connectivity index (χ2v) is 5.01. The van der Waals surface area contributed by atoms with Gasteiger partial charge in [0.2, 0.25) is 0 Å². The van der Waals surface area contributed by atoms with Gasteiger partial charge in [0.05, 0.1) is 10.7 Å². The van der Waals surface area contributed by atoms with E-state index < -0.39 is 0 Å². The van der Waals surface area contributed by atoms with Gasteiger partial charge in [-0.15, -0.1) is 0 Å². The Hall–Kier alpha value is -0.730. The Kier molecular flexibility index (Phi) is 3.72. The van der Waals surface area contributed by atoms with E-state index in [2.05, 4.69) is 42.3 Å². The standard InChI is InChI=1S/C13H19ClN2/c1-10(2)11-3-4-13(12(14)9-11)16-7-5-15-6-8-16/h3-4,9-10,15H,5-8H2,1-2H3. The van der Waals surface area contributed by atoms with E-state index in [1.165, 1.54) is 11.3 Å². The molecule has 0 spiro atoms. The van der Waals surface area contributed by atoms with Crippen LogP contribution in [0, 0.1) is 0 Å². The zero-order chi connectivity index (χ0) is 11.5. The van der Waals surface area contributed by atoms with Gasteiger partial charge in [0.25, 0.3) is 0 Å². The first-order valence-electron chi connectivity index (χ1n) is 5.93. The van der Waals surface area contributed by atoms with E-state index in [1.807, 2.05) is 0 Å². The highest BCUT2D eigenvalue weighted by Crippen LogP contribution is 2.29. The largest absolute Gasteiger partial charge is 0.368 e. The Morgan fingerprint density at radius 1 is 1.25 bits per heavy atom. The van der Waals surface area contributed by atoms with Crippen molar-refractivity contribution >= 4 is 17.3 Å². The monoisotopic (exact) mass is 238 g/mol. The number of nitrogens with one attached hydrogen (secondary N) is 1. The van der Waals surface area contributed by atoms with E-state index in [9.17, 15) is 0 Å². The second-order valence-electron chi connectivity index (χ2n) is 4.60. The molecular formula is C13H19ClN2. The van der Waals surface area contributed by atoms with Crippen LogP contribution in [0.25, 0.3) is 0 Å². The molecule has 0 amide bonds. The van der Waals surface area contributed by atoms with E-state index in [1.54, 1.807) is 0 Å². The van der Waals surface area contributed by atoms with Gasteiger partial charge < -0.3 is 10.2 Å². The first-order valence-corrected chi connectivity index (χ1v) is 6.31. The topological polar surface area (TPSA) is 15.3 Å². The van der Waals surface area contributed by atoms with Crippen molar-refractivity contribution in [3.8, 4) is 0 Å². The molecule has 88 valence electrons. The maximum atomic E-state index is 6.34. The number of anilines is 1. The summed E-state index contributed by atoms with van der Waals surface area (Å²) in [5, 5.41) is 4.23. The van der Waals surface area contributed by atoms with E-state index in [4.69, 9.17) is 11.6 Å². The quantitative estimate of drug-likeness (QED) is 0.853. The van der Waals surface area contributed by atoms with Crippen molar-refractivity contribution in [2.45, 2.75) is 19.8 Å². The molecule has 0 radical (unpaired) electrons. The maximum Gasteiger partial charge on any atom is 0.0642 e. The molecular weight excluding hydrogens is 220 g/mol. The maximum absolute atomic E-state index is 6.34. The molecule has 1 fully saturated rings. The van der Waals surface area contributed by atoms with Crippen molar-refractivity contribution < 1.29 is 0 Å². The summed E-state index contributed by atoms with van der Waals surface area (Å²) in [6, 6.07) is 6.44. The number of nitrogens with zero attached hydrogens (tertiary/aromatic N) is 1. The highest BCUT2D eigenvalue weighted by Gasteiger charge is 2.14. The minimum Gasteiger partial charge on any atom is -0.368 e. The van der Waals surface area contributed by atoms with Gasteiger partial charge in [-0.1, -0.05) is 31.5 Å². The Bertz CT molecular complexity index is 357. The molecule has 0 unspecified atom stereocenters. The summed E-state index contributed by atoms with van der Waals surface area (Å²) in [6.45, 7) is 8.55. The predicted octanol–water partition coefficient (Wildman–Crippen LogP) is 2.87. The van der Waals surface area contributed by atoms with Gasteiger partial charge in [-0.2, -0.15) is 0 Å². The van der Waals surface area contributed by atoms with Gasteiger partial charge in [0.1, 0.15) is 0 Å². The average molecular weight is 239 g/mol. The first-order chi connectivity index (χ1) is 7.68. The molecule has 0 aromatic heterocycles. The summed E-state index contributed by atoms with van der Waals surface area (Å²) in [4.78, 5) is 2.35. The third kappa shape index (κ3) is 2.50. The number of benzene rings is 1. The van der Waals surface area contributed by atoms with E-state index >= 15 is 0 Å². The van der Waals surface area contributed by atoms with E-state index in [0.29, 0.717) is 5.92 Å². The number of hydrogen-bond acceptors (Lipinski definition) is 2. The molecule has 2 rings (SSSR count). The lowest BCUT2D eigenvalue weighted by Crippen LogP contribution is -2.43. The van der Waals surface area contributed by atoms with Crippen LogP contribution >= 0.6 is 11.6 Å². The van der Waals surface area contributed by atoms with Crippen LogP contribution in [-0.4, -0.2) is 26.2 Å². The van der Waals surface area contributed by atoms with Crippen LogP contribution < -0.4 is 10.2 Å².